The second-order valence-electron chi connectivity index (χ2n) is 4.07. The number of halogens is 1. The molecule has 6 heteroatoms. The lowest BCUT2D eigenvalue weighted by Gasteiger charge is -2.14. The van der Waals surface area contributed by atoms with Gasteiger partial charge in [0.15, 0.2) is 0 Å². The molecule has 0 bridgehead atoms. The molecular formula is C13H14ClN3O2. The lowest BCUT2D eigenvalue weighted by molar-refractivity contribution is 0.0937. The number of methoxy groups -OCH3 is 1. The quantitative estimate of drug-likeness (QED) is 0.904. The number of carbonyl (C=O) groups excluding carboxylic acids is 1. The average Bonchev–Trinajstić information content (AvgIpc) is 2.92. The summed E-state index contributed by atoms with van der Waals surface area (Å²) in [7, 11) is 1.51. The molecule has 0 saturated heterocycles. The fourth-order valence-electron chi connectivity index (χ4n) is 1.71. The first-order chi connectivity index (χ1) is 9.11. The molecule has 1 unspecified atom stereocenters. The summed E-state index contributed by atoms with van der Waals surface area (Å²) >= 11 is 5.90. The Balaban J connectivity index is 2.18. The number of aromatic amines is 1. The van der Waals surface area contributed by atoms with Gasteiger partial charge in [0.1, 0.15) is 5.75 Å². The number of hydrogen-bond acceptors (Lipinski definition) is 3. The summed E-state index contributed by atoms with van der Waals surface area (Å²) in [6, 6.07) is 4.77. The fourth-order valence-corrected chi connectivity index (χ4v) is 1.89. The monoisotopic (exact) mass is 279 g/mol. The minimum Gasteiger partial charge on any atom is -0.496 e. The Labute approximate surface area is 115 Å². The van der Waals surface area contributed by atoms with Crippen LogP contribution in [-0.2, 0) is 0 Å². The molecule has 2 N–H and O–H groups in total. The first-order valence-electron chi connectivity index (χ1n) is 5.75. The number of nitrogens with zero attached hydrogens (tertiary/aromatic N) is 1. The molecule has 1 atom stereocenters. The number of rotatable bonds is 4. The predicted molar refractivity (Wildman–Crippen MR) is 72.5 cm³/mol. The van der Waals surface area contributed by atoms with E-state index in [1.165, 1.54) is 7.11 Å². The van der Waals surface area contributed by atoms with Crippen molar-refractivity contribution in [3.63, 3.8) is 0 Å². The predicted octanol–water partition coefficient (Wildman–Crippen LogP) is 2.56. The van der Waals surface area contributed by atoms with Crippen LogP contribution in [0.1, 0.15) is 28.9 Å². The van der Waals surface area contributed by atoms with Gasteiger partial charge in [0.25, 0.3) is 5.91 Å². The van der Waals surface area contributed by atoms with Crippen LogP contribution in [0.2, 0.25) is 5.02 Å². The average molecular weight is 280 g/mol. The first-order valence-corrected chi connectivity index (χ1v) is 6.12. The molecule has 0 spiro atoms. The van der Waals surface area contributed by atoms with Crippen LogP contribution in [0, 0.1) is 0 Å². The Kier molecular flexibility index (Phi) is 4.06. The summed E-state index contributed by atoms with van der Waals surface area (Å²) < 4.78 is 5.16. The molecule has 1 aromatic carbocycles. The van der Waals surface area contributed by atoms with Crippen LogP contribution in [0.4, 0.5) is 0 Å². The van der Waals surface area contributed by atoms with Crippen LogP contribution in [0.5, 0.6) is 5.75 Å². The topological polar surface area (TPSA) is 67.0 Å². The number of ether oxygens (including phenoxy) is 1. The second kappa shape index (κ2) is 5.75. The molecule has 1 heterocycles. The summed E-state index contributed by atoms with van der Waals surface area (Å²) in [6.45, 7) is 1.87. The maximum Gasteiger partial charge on any atom is 0.255 e. The summed E-state index contributed by atoms with van der Waals surface area (Å²) in [5.41, 5.74) is 1.31. The van der Waals surface area contributed by atoms with Crippen LogP contribution in [-0.4, -0.2) is 23.2 Å². The van der Waals surface area contributed by atoms with E-state index in [0.717, 1.165) is 5.56 Å². The van der Waals surface area contributed by atoms with E-state index in [9.17, 15) is 4.79 Å². The van der Waals surface area contributed by atoms with E-state index in [4.69, 9.17) is 16.3 Å². The van der Waals surface area contributed by atoms with E-state index in [1.54, 1.807) is 30.6 Å². The van der Waals surface area contributed by atoms with Crippen LogP contribution in [0.25, 0.3) is 0 Å². The van der Waals surface area contributed by atoms with E-state index >= 15 is 0 Å². The highest BCUT2D eigenvalue weighted by molar-refractivity contribution is 6.31. The van der Waals surface area contributed by atoms with Gasteiger partial charge in [-0.25, -0.2) is 0 Å². The number of nitrogens with one attached hydrogen (secondary N) is 2. The van der Waals surface area contributed by atoms with Crippen LogP contribution < -0.4 is 10.1 Å². The van der Waals surface area contributed by atoms with Crippen LogP contribution in [0.15, 0.2) is 30.6 Å². The number of carbonyl (C=O) groups is 1. The number of amides is 1. The van der Waals surface area contributed by atoms with Crippen molar-refractivity contribution in [2.75, 3.05) is 7.11 Å². The van der Waals surface area contributed by atoms with Crippen molar-refractivity contribution in [1.82, 2.24) is 15.5 Å². The normalized spacial score (nSPS) is 11.9. The molecule has 19 heavy (non-hydrogen) atoms. The molecule has 0 saturated carbocycles. The van der Waals surface area contributed by atoms with Crippen molar-refractivity contribution < 1.29 is 9.53 Å². The van der Waals surface area contributed by atoms with Gasteiger partial charge in [0.05, 0.1) is 24.9 Å². The minimum atomic E-state index is -0.243. The maximum atomic E-state index is 12.2. The number of hydrogen-bond donors (Lipinski definition) is 2. The first kappa shape index (κ1) is 13.4. The largest absolute Gasteiger partial charge is 0.496 e. The molecule has 0 fully saturated rings. The molecule has 0 aliphatic carbocycles. The van der Waals surface area contributed by atoms with E-state index in [0.29, 0.717) is 16.3 Å². The Morgan fingerprint density at radius 1 is 1.53 bits per heavy atom. The number of H-pyrrole nitrogens is 1. The maximum absolute atomic E-state index is 12.2. The Morgan fingerprint density at radius 3 is 2.95 bits per heavy atom. The third-order valence-electron chi connectivity index (χ3n) is 2.77. The van der Waals surface area contributed by atoms with Crippen molar-refractivity contribution in [1.29, 1.82) is 0 Å². The summed E-state index contributed by atoms with van der Waals surface area (Å²) in [5, 5.41) is 9.91. The molecule has 100 valence electrons. The molecule has 2 rings (SSSR count). The Hall–Kier alpha value is -2.01. The van der Waals surface area contributed by atoms with E-state index in [1.807, 2.05) is 6.92 Å². The SMILES string of the molecule is COc1ccc(Cl)cc1C(=O)NC(C)c1cn[nH]c1. The van der Waals surface area contributed by atoms with Gasteiger partial charge in [-0.05, 0) is 25.1 Å². The molecule has 0 aliphatic heterocycles. The van der Waals surface area contributed by atoms with Gasteiger partial charge in [-0.15, -0.1) is 0 Å². The third kappa shape index (κ3) is 3.06. The van der Waals surface area contributed by atoms with Gasteiger partial charge >= 0.3 is 0 Å². The molecule has 5 nitrogen and oxygen atoms in total. The van der Waals surface area contributed by atoms with Crippen molar-refractivity contribution in [2.24, 2.45) is 0 Å². The fraction of sp³-hybridized carbons (Fsp3) is 0.231. The van der Waals surface area contributed by atoms with E-state index in [-0.39, 0.29) is 11.9 Å². The van der Waals surface area contributed by atoms with Gasteiger partial charge < -0.3 is 10.1 Å². The summed E-state index contributed by atoms with van der Waals surface area (Å²) in [5.74, 6) is 0.245. The third-order valence-corrected chi connectivity index (χ3v) is 3.01. The van der Waals surface area contributed by atoms with Crippen LogP contribution in [0.3, 0.4) is 0 Å². The lowest BCUT2D eigenvalue weighted by Crippen LogP contribution is -2.26. The molecule has 1 amide bonds. The number of aromatic nitrogens is 2. The van der Waals surface area contributed by atoms with Gasteiger partial charge in [0, 0.05) is 16.8 Å². The highest BCUT2D eigenvalue weighted by Crippen LogP contribution is 2.23. The molecular weight excluding hydrogens is 266 g/mol. The lowest BCUT2D eigenvalue weighted by atomic mass is 10.1. The smallest absolute Gasteiger partial charge is 0.255 e. The minimum absolute atomic E-state index is 0.157. The van der Waals surface area contributed by atoms with Crippen LogP contribution >= 0.6 is 11.6 Å². The zero-order chi connectivity index (χ0) is 13.8. The molecule has 0 aliphatic rings. The van der Waals surface area contributed by atoms with Gasteiger partial charge in [-0.1, -0.05) is 11.6 Å². The van der Waals surface area contributed by atoms with Gasteiger partial charge in [0.2, 0.25) is 0 Å². The highest BCUT2D eigenvalue weighted by Gasteiger charge is 2.16. The van der Waals surface area contributed by atoms with Crippen molar-refractivity contribution in [2.45, 2.75) is 13.0 Å². The molecule has 1 aromatic heterocycles. The van der Waals surface area contributed by atoms with Crippen molar-refractivity contribution in [3.8, 4) is 5.75 Å². The van der Waals surface area contributed by atoms with E-state index in [2.05, 4.69) is 15.5 Å². The van der Waals surface area contributed by atoms with Crippen molar-refractivity contribution in [3.05, 3.63) is 46.7 Å². The zero-order valence-electron chi connectivity index (χ0n) is 10.6. The molecule has 0 radical (unpaired) electrons. The van der Waals surface area contributed by atoms with E-state index < -0.39 is 0 Å². The van der Waals surface area contributed by atoms with Gasteiger partial charge in [-0.3, -0.25) is 9.89 Å². The van der Waals surface area contributed by atoms with Crippen molar-refractivity contribution >= 4 is 17.5 Å². The Bertz CT molecular complexity index is 569. The Morgan fingerprint density at radius 2 is 2.32 bits per heavy atom. The van der Waals surface area contributed by atoms with Gasteiger partial charge in [-0.2, -0.15) is 5.10 Å². The zero-order valence-corrected chi connectivity index (χ0v) is 11.4. The molecule has 2 aromatic rings. The summed E-state index contributed by atoms with van der Waals surface area (Å²) in [6.07, 6.45) is 3.40. The standard InChI is InChI=1S/C13H14ClN3O2/c1-8(9-6-15-16-7-9)17-13(18)11-5-10(14)3-4-12(11)19-2/h3-8H,1-2H3,(H,15,16)(H,17,18). The summed E-state index contributed by atoms with van der Waals surface area (Å²) in [4.78, 5) is 12.2. The second-order valence-corrected chi connectivity index (χ2v) is 4.51. The highest BCUT2D eigenvalue weighted by atomic mass is 35.5. The number of benzene rings is 1.